The predicted octanol–water partition coefficient (Wildman–Crippen LogP) is 2.52. The summed E-state index contributed by atoms with van der Waals surface area (Å²) < 4.78 is 2.21. The minimum absolute atomic E-state index is 0.125. The Morgan fingerprint density at radius 3 is 0.607 bits per heavy atom. The molecule has 18 rings (SSSR count). The van der Waals surface area contributed by atoms with Gasteiger partial charge in [0.1, 0.15) is 23.0 Å². The second-order valence-corrected chi connectivity index (χ2v) is 16.4. The normalized spacial score (nSPS) is 13.2. The van der Waals surface area contributed by atoms with Crippen molar-refractivity contribution in [2.45, 2.75) is 26.2 Å². The number of nitrogens with zero attached hydrogens (tertiary/aromatic N) is 4. The highest BCUT2D eigenvalue weighted by atomic mass is 79.9. The lowest BCUT2D eigenvalue weighted by atomic mass is 10.1. The van der Waals surface area contributed by atoms with Crippen LogP contribution < -0.4 is 44.5 Å². The Morgan fingerprint density at radius 2 is 0.464 bits per heavy atom. The van der Waals surface area contributed by atoms with Crippen LogP contribution in [0.4, 0.5) is 0 Å². The van der Waals surface area contributed by atoms with E-state index in [4.69, 9.17) is 0 Å². The van der Waals surface area contributed by atoms with Crippen LogP contribution in [0.1, 0.15) is 22.3 Å². The van der Waals surface area contributed by atoms with E-state index in [1.807, 2.05) is 0 Å². The molecular weight excluding hydrogens is 1000 g/mol. The lowest BCUT2D eigenvalue weighted by Gasteiger charge is -2.10. The van der Waals surface area contributed by atoms with E-state index in [0.717, 1.165) is 42.5 Å². The molecule has 0 aliphatic carbocycles. The summed E-state index contributed by atoms with van der Waals surface area (Å²) in [6, 6.07) is 4.16. The fourth-order valence-electron chi connectivity index (χ4n) is 7.52. The van der Waals surface area contributed by atoms with Crippen LogP contribution in [0, 0.1) is 0 Å². The highest BCUT2D eigenvalue weighted by Crippen LogP contribution is 2.37. The molecule has 0 radical (unpaired) electrons. The van der Waals surface area contributed by atoms with E-state index in [-0.39, 0.29) is 83.2 Å². The number of rotatable bonds is 0. The van der Waals surface area contributed by atoms with Crippen molar-refractivity contribution < 1.29 is 20.4 Å². The third kappa shape index (κ3) is 4.60. The third-order valence-corrected chi connectivity index (χ3v) is 13.5. The fourth-order valence-corrected chi connectivity index (χ4v) is 10.5. The molecule has 0 unspecified atom stereocenters. The molecule has 16 bridgehead atoms. The first kappa shape index (κ1) is 36.2. The van der Waals surface area contributed by atoms with Gasteiger partial charge in [-0.3, -0.25) is 56.6 Å². The second kappa shape index (κ2) is 12.0. The maximum Gasteiger partial charge on any atom is 0.263 e. The molecule has 4 aromatic carbocycles. The minimum Gasteiger partial charge on any atom is -0.508 e. The SMILES string of the molecule is O=c1c2c(Br)c3c(=O)n4c(=O)c3c(Br)c2c(=O)n1Cc1cc(O)c(cc1O)Cn1c(=O)c2c(Br)c3c(=O)n(c(=O)c3c(Br)c2c1=O)Cc1cc(O)c(cc1O)C4. The van der Waals surface area contributed by atoms with Crippen LogP contribution in [0.3, 0.4) is 0 Å². The average molecular weight is 1020 g/mol. The zero-order valence-electron chi connectivity index (χ0n) is 27.5. The van der Waals surface area contributed by atoms with E-state index < -0.39 is 93.7 Å². The molecule has 0 fully saturated rings. The molecule has 280 valence electrons. The summed E-state index contributed by atoms with van der Waals surface area (Å²) in [5.74, 6) is -2.13. The Hall–Kier alpha value is -5.44. The van der Waals surface area contributed by atoms with E-state index in [1.165, 1.54) is 0 Å². The van der Waals surface area contributed by atoms with E-state index >= 15 is 0 Å². The molecule has 4 aromatic heterocycles. The van der Waals surface area contributed by atoms with Gasteiger partial charge in [0.15, 0.2) is 0 Å². The van der Waals surface area contributed by atoms with Crippen LogP contribution in [-0.2, 0) is 26.2 Å². The number of aromatic hydroxyl groups is 4. The van der Waals surface area contributed by atoms with Crippen molar-refractivity contribution >= 4 is 107 Å². The van der Waals surface area contributed by atoms with Crippen molar-refractivity contribution in [1.82, 2.24) is 18.3 Å². The first-order valence-electron chi connectivity index (χ1n) is 16.1. The van der Waals surface area contributed by atoms with Crippen LogP contribution in [0.15, 0.2) is 80.5 Å². The molecular formula is C36H16Br4N4O12. The fraction of sp³-hybridized carbons (Fsp3) is 0.111. The summed E-state index contributed by atoms with van der Waals surface area (Å²) in [5.41, 5.74) is -7.76. The quantitative estimate of drug-likeness (QED) is 0.161. The predicted molar refractivity (Wildman–Crippen MR) is 217 cm³/mol. The summed E-state index contributed by atoms with van der Waals surface area (Å²) in [7, 11) is 0. The van der Waals surface area contributed by atoms with Crippen LogP contribution in [0.2, 0.25) is 0 Å². The van der Waals surface area contributed by atoms with Gasteiger partial charge in [-0.15, -0.1) is 0 Å². The molecule has 0 spiro atoms. The molecule has 14 heterocycles. The number of hydrogen-bond acceptors (Lipinski definition) is 12. The third-order valence-electron chi connectivity index (χ3n) is 10.3. The lowest BCUT2D eigenvalue weighted by Crippen LogP contribution is -2.27. The topological polar surface area (TPSA) is 237 Å². The largest absolute Gasteiger partial charge is 0.508 e. The standard InChI is InChI=1S/C36H16Br4N4O12/c37-25-17-18-26(38)22-21(25)33(53)43(34(22)54)7-11-3-16(48)12(4-15(11)47)8-44-35(55)23-24(36(44)56)28(40)20-19(27(23)39)31(51)42(32(20)52)6-10-2-14(46)9(1-13(10)45)5-41(29(17)49)30(18)50/h1-4,45-48H,5-8H2. The molecule has 10 aliphatic rings. The summed E-state index contributed by atoms with van der Waals surface area (Å²) >= 11 is 13.0. The molecule has 4 N–H and O–H groups in total. The van der Waals surface area contributed by atoms with Gasteiger partial charge < -0.3 is 20.4 Å². The van der Waals surface area contributed by atoms with E-state index in [2.05, 4.69) is 63.7 Å². The summed E-state index contributed by atoms with van der Waals surface area (Å²) in [5, 5.41) is 42.1. The van der Waals surface area contributed by atoms with Gasteiger partial charge in [0.25, 0.3) is 44.5 Å². The van der Waals surface area contributed by atoms with Crippen molar-refractivity contribution in [3.63, 3.8) is 0 Å². The van der Waals surface area contributed by atoms with Crippen molar-refractivity contribution in [3.8, 4) is 23.0 Å². The van der Waals surface area contributed by atoms with Crippen LogP contribution in [0.25, 0.3) is 43.1 Å². The van der Waals surface area contributed by atoms with E-state index in [0.29, 0.717) is 0 Å². The molecule has 20 heteroatoms. The first-order chi connectivity index (χ1) is 26.4. The number of benzene rings is 4. The van der Waals surface area contributed by atoms with Gasteiger partial charge in [-0.25, -0.2) is 0 Å². The molecule has 16 nitrogen and oxygen atoms in total. The number of aromatic nitrogens is 4. The summed E-state index contributed by atoms with van der Waals surface area (Å²) in [4.78, 5) is 111. The Morgan fingerprint density at radius 1 is 0.321 bits per heavy atom. The molecule has 10 aliphatic heterocycles. The van der Waals surface area contributed by atoms with Gasteiger partial charge >= 0.3 is 0 Å². The number of phenols is 4. The molecule has 0 atom stereocenters. The lowest BCUT2D eigenvalue weighted by molar-refractivity contribution is 0.444. The highest BCUT2D eigenvalue weighted by molar-refractivity contribution is 9.11. The number of halogens is 4. The van der Waals surface area contributed by atoms with Gasteiger partial charge in [0.05, 0.1) is 69.3 Å². The van der Waals surface area contributed by atoms with Crippen molar-refractivity contribution in [2.75, 3.05) is 0 Å². The number of hydrogen-bond donors (Lipinski definition) is 4. The molecule has 8 aromatic rings. The van der Waals surface area contributed by atoms with Crippen molar-refractivity contribution in [3.05, 3.63) is 147 Å². The minimum atomic E-state index is -0.907. The molecule has 0 saturated heterocycles. The first-order valence-corrected chi connectivity index (χ1v) is 19.2. The van der Waals surface area contributed by atoms with Gasteiger partial charge in [-0.1, -0.05) is 0 Å². The van der Waals surface area contributed by atoms with Crippen LogP contribution in [-0.4, -0.2) is 38.7 Å². The van der Waals surface area contributed by atoms with Crippen LogP contribution in [0.5, 0.6) is 23.0 Å². The van der Waals surface area contributed by atoms with Gasteiger partial charge in [0.2, 0.25) is 0 Å². The smallest absolute Gasteiger partial charge is 0.263 e. The molecule has 0 saturated carbocycles. The van der Waals surface area contributed by atoms with Gasteiger partial charge in [-0.2, -0.15) is 0 Å². The number of phenolic OH excluding ortho intramolecular Hbond substituents is 4. The Bertz CT molecular complexity index is 3010. The second-order valence-electron chi connectivity index (χ2n) is 13.3. The zero-order chi connectivity index (χ0) is 40.1. The average Bonchev–Trinajstić information content (AvgIpc) is 3.74. The molecule has 56 heavy (non-hydrogen) atoms. The van der Waals surface area contributed by atoms with E-state index in [1.54, 1.807) is 0 Å². The van der Waals surface area contributed by atoms with Crippen LogP contribution >= 0.6 is 63.7 Å². The van der Waals surface area contributed by atoms with Gasteiger partial charge in [-0.05, 0) is 88.0 Å². The summed E-state index contributed by atoms with van der Waals surface area (Å²) in [6.45, 7) is -2.39. The Balaban J connectivity index is 1.36. The summed E-state index contributed by atoms with van der Waals surface area (Å²) in [6.07, 6.45) is 0. The van der Waals surface area contributed by atoms with Gasteiger partial charge in [0, 0.05) is 40.1 Å². The van der Waals surface area contributed by atoms with E-state index in [9.17, 15) is 58.8 Å². The maximum atomic E-state index is 13.8. The zero-order valence-corrected chi connectivity index (χ0v) is 33.8. The molecule has 0 amide bonds. The van der Waals surface area contributed by atoms with Crippen molar-refractivity contribution in [2.24, 2.45) is 0 Å². The Labute approximate surface area is 339 Å². The maximum absolute atomic E-state index is 13.8. The monoisotopic (exact) mass is 1010 g/mol. The van der Waals surface area contributed by atoms with Crippen molar-refractivity contribution in [1.29, 1.82) is 0 Å². The highest BCUT2D eigenvalue weighted by Gasteiger charge is 2.31. The Kier molecular flexibility index (Phi) is 7.78.